The normalized spacial score (nSPS) is 10.4. The first-order valence-electron chi connectivity index (χ1n) is 6.54. The first-order valence-corrected chi connectivity index (χ1v) is 6.54. The van der Waals surface area contributed by atoms with Crippen molar-refractivity contribution in [1.82, 2.24) is 9.88 Å². The number of aromatic nitrogens is 1. The molecule has 1 N–H and O–H groups in total. The summed E-state index contributed by atoms with van der Waals surface area (Å²) >= 11 is 0. The zero-order valence-corrected chi connectivity index (χ0v) is 12.2. The molecule has 0 atom stereocenters. The number of nitrogens with one attached hydrogen (secondary N) is 1. The fraction of sp³-hybridized carbons (Fsp3) is 0.267. The summed E-state index contributed by atoms with van der Waals surface area (Å²) in [6.45, 7) is 4.03. The molecule has 1 aromatic carbocycles. The molecule has 2 rings (SSSR count). The Labute approximate surface area is 122 Å². The molecule has 2 aromatic rings. The number of amides is 1. The Balaban J connectivity index is 2.09. The van der Waals surface area contributed by atoms with Gasteiger partial charge in [0.1, 0.15) is 0 Å². The summed E-state index contributed by atoms with van der Waals surface area (Å²) in [4.78, 5) is 22.4. The van der Waals surface area contributed by atoms with Gasteiger partial charge in [-0.05, 0) is 38.1 Å². The predicted octanol–water partition coefficient (Wildman–Crippen LogP) is 2.48. The summed E-state index contributed by atoms with van der Waals surface area (Å²) in [7, 11) is 1.94. The average Bonchev–Trinajstić information content (AvgIpc) is 2.75. The second kappa shape index (κ2) is 5.78. The predicted molar refractivity (Wildman–Crippen MR) is 79.2 cm³/mol. The molecule has 0 radical (unpaired) electrons. The Bertz CT molecular complexity index is 704. The number of benzene rings is 1. The lowest BCUT2D eigenvalue weighted by Crippen LogP contribution is -2.24. The van der Waals surface area contributed by atoms with Crippen LogP contribution >= 0.6 is 0 Å². The number of hydrogen-bond acceptors (Lipinski definition) is 3. The minimum Gasteiger partial charge on any atom is -0.350 e. The van der Waals surface area contributed by atoms with Crippen LogP contribution in [0.15, 0.2) is 30.3 Å². The Morgan fingerprint density at radius 3 is 2.52 bits per heavy atom. The molecule has 1 amide bonds. The molecule has 6 nitrogen and oxygen atoms in total. The molecule has 1 heterocycles. The summed E-state index contributed by atoms with van der Waals surface area (Å²) in [5, 5.41) is 13.6. The van der Waals surface area contributed by atoms with Gasteiger partial charge in [0.25, 0.3) is 11.6 Å². The molecule has 1 aromatic heterocycles. The summed E-state index contributed by atoms with van der Waals surface area (Å²) in [6.07, 6.45) is 0. The van der Waals surface area contributed by atoms with E-state index < -0.39 is 4.92 Å². The monoisotopic (exact) mass is 287 g/mol. The highest BCUT2D eigenvalue weighted by atomic mass is 16.6. The van der Waals surface area contributed by atoms with Gasteiger partial charge in [-0.25, -0.2) is 0 Å². The summed E-state index contributed by atoms with van der Waals surface area (Å²) < 4.78 is 2.00. The van der Waals surface area contributed by atoms with Gasteiger partial charge in [-0.1, -0.05) is 0 Å². The number of rotatable bonds is 4. The highest BCUT2D eigenvalue weighted by Gasteiger charge is 2.14. The van der Waals surface area contributed by atoms with Gasteiger partial charge >= 0.3 is 0 Å². The van der Waals surface area contributed by atoms with Gasteiger partial charge < -0.3 is 9.88 Å². The molecular formula is C15H17N3O3. The minimum absolute atomic E-state index is 0.0182. The molecule has 0 bridgehead atoms. The number of hydrogen-bond donors (Lipinski definition) is 1. The lowest BCUT2D eigenvalue weighted by atomic mass is 10.1. The molecule has 0 saturated heterocycles. The van der Waals surface area contributed by atoms with Gasteiger partial charge in [-0.3, -0.25) is 14.9 Å². The number of aryl methyl sites for hydroxylation is 2. The highest BCUT2D eigenvalue weighted by molar-refractivity contribution is 5.94. The van der Waals surface area contributed by atoms with Crippen molar-refractivity contribution in [2.45, 2.75) is 20.4 Å². The molecule has 0 fully saturated rings. The molecule has 0 aliphatic carbocycles. The zero-order valence-electron chi connectivity index (χ0n) is 12.2. The molecule has 110 valence electrons. The highest BCUT2D eigenvalue weighted by Crippen LogP contribution is 2.18. The van der Waals surface area contributed by atoms with E-state index in [-0.39, 0.29) is 11.6 Å². The van der Waals surface area contributed by atoms with Crippen LogP contribution in [0.25, 0.3) is 0 Å². The maximum atomic E-state index is 12.1. The van der Waals surface area contributed by atoms with Crippen molar-refractivity contribution in [2.75, 3.05) is 0 Å². The number of nitro groups is 1. The van der Waals surface area contributed by atoms with E-state index in [0.717, 1.165) is 11.4 Å². The van der Waals surface area contributed by atoms with Gasteiger partial charge in [0.05, 0.1) is 11.5 Å². The summed E-state index contributed by atoms with van der Waals surface area (Å²) in [5.74, 6) is -0.244. The van der Waals surface area contributed by atoms with E-state index in [1.54, 1.807) is 6.92 Å². The number of nitrogens with zero attached hydrogens (tertiary/aromatic N) is 2. The van der Waals surface area contributed by atoms with Gasteiger partial charge in [0, 0.05) is 35.6 Å². The molecular weight excluding hydrogens is 270 g/mol. The smallest absolute Gasteiger partial charge is 0.272 e. The van der Waals surface area contributed by atoms with Crippen LogP contribution in [0.1, 0.15) is 27.3 Å². The van der Waals surface area contributed by atoms with Gasteiger partial charge in [0.15, 0.2) is 0 Å². The van der Waals surface area contributed by atoms with Crippen molar-refractivity contribution in [1.29, 1.82) is 0 Å². The second-order valence-electron chi connectivity index (χ2n) is 4.97. The van der Waals surface area contributed by atoms with Gasteiger partial charge in [-0.2, -0.15) is 0 Å². The quantitative estimate of drug-likeness (QED) is 0.693. The van der Waals surface area contributed by atoms with E-state index in [4.69, 9.17) is 0 Å². The van der Waals surface area contributed by atoms with Crippen LogP contribution in [0.3, 0.4) is 0 Å². The molecule has 0 aliphatic heterocycles. The Morgan fingerprint density at radius 1 is 1.29 bits per heavy atom. The fourth-order valence-corrected chi connectivity index (χ4v) is 2.12. The Morgan fingerprint density at radius 2 is 2.00 bits per heavy atom. The largest absolute Gasteiger partial charge is 0.350 e. The Kier molecular flexibility index (Phi) is 4.07. The van der Waals surface area contributed by atoms with Crippen molar-refractivity contribution in [2.24, 2.45) is 7.05 Å². The summed E-state index contributed by atoms with van der Waals surface area (Å²) in [5.41, 5.74) is 3.03. The van der Waals surface area contributed by atoms with E-state index in [1.165, 1.54) is 18.2 Å². The maximum Gasteiger partial charge on any atom is 0.272 e. The van der Waals surface area contributed by atoms with Gasteiger partial charge in [0.2, 0.25) is 0 Å². The van der Waals surface area contributed by atoms with E-state index in [1.807, 2.05) is 30.7 Å². The molecule has 0 saturated carbocycles. The lowest BCUT2D eigenvalue weighted by Gasteiger charge is -2.08. The minimum atomic E-state index is -0.455. The number of carbonyl (C=O) groups is 1. The average molecular weight is 287 g/mol. The molecule has 0 aliphatic rings. The molecule has 0 spiro atoms. The first kappa shape index (κ1) is 14.8. The van der Waals surface area contributed by atoms with Crippen LogP contribution in [0.2, 0.25) is 0 Å². The van der Waals surface area contributed by atoms with Crippen LogP contribution in [-0.4, -0.2) is 15.4 Å². The third-order valence-electron chi connectivity index (χ3n) is 3.56. The van der Waals surface area contributed by atoms with Crippen LogP contribution in [0, 0.1) is 24.0 Å². The Hall–Kier alpha value is -2.63. The van der Waals surface area contributed by atoms with E-state index >= 15 is 0 Å². The number of nitro benzene ring substituents is 1. The summed E-state index contributed by atoms with van der Waals surface area (Å²) in [6, 6.07) is 8.30. The fourth-order valence-electron chi connectivity index (χ4n) is 2.12. The van der Waals surface area contributed by atoms with E-state index in [9.17, 15) is 14.9 Å². The third kappa shape index (κ3) is 3.10. The van der Waals surface area contributed by atoms with Crippen molar-refractivity contribution in [3.63, 3.8) is 0 Å². The zero-order chi connectivity index (χ0) is 15.6. The number of carbonyl (C=O) groups excluding carboxylic acids is 1. The lowest BCUT2D eigenvalue weighted by molar-refractivity contribution is -0.385. The second-order valence-corrected chi connectivity index (χ2v) is 4.97. The standard InChI is InChI=1S/C15H17N3O3/c1-10-8-12(5-7-14(10)18(20)21)15(19)16-9-13-6-4-11(2)17(13)3/h4-8H,9H2,1-3H3,(H,16,19). The van der Waals surface area contributed by atoms with Crippen LogP contribution in [0.4, 0.5) is 5.69 Å². The van der Waals surface area contributed by atoms with Crippen molar-refractivity contribution < 1.29 is 9.72 Å². The van der Waals surface area contributed by atoms with Crippen molar-refractivity contribution in [3.8, 4) is 0 Å². The van der Waals surface area contributed by atoms with Crippen molar-refractivity contribution >= 4 is 11.6 Å². The van der Waals surface area contributed by atoms with Crippen LogP contribution in [0.5, 0.6) is 0 Å². The topological polar surface area (TPSA) is 77.2 Å². The third-order valence-corrected chi connectivity index (χ3v) is 3.56. The van der Waals surface area contributed by atoms with E-state index in [2.05, 4.69) is 5.32 Å². The van der Waals surface area contributed by atoms with E-state index in [0.29, 0.717) is 17.7 Å². The maximum absolute atomic E-state index is 12.1. The van der Waals surface area contributed by atoms with Crippen LogP contribution in [-0.2, 0) is 13.6 Å². The van der Waals surface area contributed by atoms with Gasteiger partial charge in [-0.15, -0.1) is 0 Å². The molecule has 6 heteroatoms. The molecule has 21 heavy (non-hydrogen) atoms. The molecule has 0 unspecified atom stereocenters. The first-order chi connectivity index (χ1) is 9.90. The van der Waals surface area contributed by atoms with Crippen LogP contribution < -0.4 is 5.32 Å². The van der Waals surface area contributed by atoms with Crippen molar-refractivity contribution in [3.05, 3.63) is 63.0 Å². The SMILES string of the molecule is Cc1cc(C(=O)NCc2ccc(C)n2C)ccc1[N+](=O)[O-].